The maximum atomic E-state index is 14.2. The lowest BCUT2D eigenvalue weighted by Gasteiger charge is -2.52. The molecule has 2 unspecified atom stereocenters. The molecule has 4 rings (SSSR count). The number of Topliss-reactive ketones (excluding diaryl/α,β-unsaturated/α-hetero) is 4. The number of benzene rings is 1. The highest BCUT2D eigenvalue weighted by molar-refractivity contribution is 6.32. The number of phenols is 1. The van der Waals surface area contributed by atoms with Gasteiger partial charge in [0.25, 0.3) is 0 Å². The van der Waals surface area contributed by atoms with Crippen LogP contribution in [0.1, 0.15) is 52.8 Å². The van der Waals surface area contributed by atoms with Crippen molar-refractivity contribution >= 4 is 34.7 Å². The smallest absolute Gasteiger partial charge is 0.235 e. The van der Waals surface area contributed by atoms with Crippen molar-refractivity contribution in [3.63, 3.8) is 0 Å². The molecule has 1 aromatic carbocycles. The van der Waals surface area contributed by atoms with E-state index in [1.807, 2.05) is 20.8 Å². The first-order chi connectivity index (χ1) is 19.6. The number of hydrogen-bond acceptors (Lipinski definition) is 10. The highest BCUT2D eigenvalue weighted by Crippen LogP contribution is 2.52. The van der Waals surface area contributed by atoms with Crippen LogP contribution in [0.3, 0.4) is 0 Å². The lowest BCUT2D eigenvalue weighted by Crippen LogP contribution is -2.74. The average molecular weight is 560 g/mol. The molecule has 218 valence electrons. The van der Waals surface area contributed by atoms with E-state index in [4.69, 9.17) is 9.85 Å². The Hall–Kier alpha value is -3.15. The number of rotatable bonds is 6. The zero-order valence-corrected chi connectivity index (χ0v) is 23.7. The van der Waals surface area contributed by atoms with Gasteiger partial charge in [-0.3, -0.25) is 28.9 Å². The van der Waals surface area contributed by atoms with Crippen molar-refractivity contribution in [2.24, 2.45) is 34.8 Å². The number of anilines is 1. The van der Waals surface area contributed by atoms with Crippen LogP contribution in [0.5, 0.6) is 5.75 Å². The van der Waals surface area contributed by atoms with Crippen LogP contribution >= 0.6 is 0 Å². The van der Waals surface area contributed by atoms with Gasteiger partial charge in [-0.05, 0) is 49.9 Å². The zero-order chi connectivity index (χ0) is 32.6. The maximum absolute atomic E-state index is 14.2. The number of hydrogen-bond donors (Lipinski definition) is 4. The molecule has 5 N–H and O–H groups in total. The summed E-state index contributed by atoms with van der Waals surface area (Å²) in [4.78, 5) is 69.6. The number of fused-ring (bicyclic) bond motifs is 3. The molecule has 0 spiro atoms. The fourth-order valence-electron chi connectivity index (χ4n) is 6.71. The van der Waals surface area contributed by atoms with Gasteiger partial charge in [0.2, 0.25) is 5.91 Å². The van der Waals surface area contributed by atoms with E-state index in [0.29, 0.717) is 6.54 Å². The van der Waals surface area contributed by atoms with E-state index in [2.05, 4.69) is 5.32 Å². The molecule has 3 aliphatic carbocycles. The Balaban J connectivity index is 1.88. The first kappa shape index (κ1) is 25.8. The van der Waals surface area contributed by atoms with Crippen molar-refractivity contribution in [2.75, 3.05) is 39.6 Å². The van der Waals surface area contributed by atoms with Gasteiger partial charge < -0.3 is 26.2 Å². The molecule has 0 saturated heterocycles. The number of phenolic OH excluding ortho intramolecular Hbond substituents is 1. The zero-order valence-electron chi connectivity index (χ0n) is 26.7. The average Bonchev–Trinajstić information content (AvgIpc) is 2.85. The minimum atomic E-state index is -2.84. The van der Waals surface area contributed by atoms with Crippen LogP contribution in [-0.2, 0) is 32.1 Å². The quantitative estimate of drug-likeness (QED) is 0.350. The van der Waals surface area contributed by atoms with E-state index < -0.39 is 77.1 Å². The molecule has 40 heavy (non-hydrogen) atoms. The molecule has 11 nitrogen and oxygen atoms in total. The minimum Gasteiger partial charge on any atom is -0.507 e. The van der Waals surface area contributed by atoms with E-state index >= 15 is 0 Å². The van der Waals surface area contributed by atoms with Crippen molar-refractivity contribution in [3.05, 3.63) is 22.8 Å². The van der Waals surface area contributed by atoms with Crippen LogP contribution in [0.2, 0.25) is 0 Å². The molecule has 6 atom stereocenters. The van der Waals surface area contributed by atoms with Crippen molar-refractivity contribution in [1.29, 1.82) is 0 Å². The van der Waals surface area contributed by atoms with Gasteiger partial charge in [0.15, 0.2) is 34.7 Å². The monoisotopic (exact) mass is 559 g/mol. The molecule has 0 aliphatic heterocycles. The Labute approximate surface area is 238 Å². The van der Waals surface area contributed by atoms with Gasteiger partial charge >= 0.3 is 0 Å². The number of aromatic hydroxyl groups is 1. The van der Waals surface area contributed by atoms with Crippen LogP contribution in [0.15, 0.2) is 6.07 Å². The molecule has 2 fully saturated rings. The first-order valence-corrected chi connectivity index (χ1v) is 13.3. The molecule has 1 aromatic rings. The first-order valence-electron chi connectivity index (χ1n) is 14.8. The van der Waals surface area contributed by atoms with Gasteiger partial charge in [0.05, 0.1) is 17.5 Å². The molecular formula is C29H40N4O7. The molecular weight excluding hydrogens is 516 g/mol. The predicted molar refractivity (Wildman–Crippen MR) is 147 cm³/mol. The largest absolute Gasteiger partial charge is 0.507 e. The Morgan fingerprint density at radius 1 is 1.20 bits per heavy atom. The molecule has 1 amide bonds. The number of carbonyl (C=O) groups is 5. The topological polar surface area (TPSA) is 170 Å². The number of amides is 1. The number of carbonyl (C=O) groups excluding carboxylic acids is 5. The maximum Gasteiger partial charge on any atom is 0.235 e. The van der Waals surface area contributed by atoms with Gasteiger partial charge in [0, 0.05) is 48.4 Å². The van der Waals surface area contributed by atoms with Crippen LogP contribution < -0.4 is 16.0 Å². The SMILES string of the molecule is [2H]C([2H])([2H])N(C)c1cc(CNCC(C)(C)C)c(O)c2c1C[C@H]1C[C@H]3[C@H](N(C)C)C(=O)C(C(N)=O)C(=O)[C@@]3(O)C(=O)C1C2=O. The van der Waals surface area contributed by atoms with Gasteiger partial charge in [-0.1, -0.05) is 20.8 Å². The summed E-state index contributed by atoms with van der Waals surface area (Å²) in [5, 5.41) is 26.3. The van der Waals surface area contributed by atoms with Crippen molar-refractivity contribution in [3.8, 4) is 5.75 Å². The second-order valence-corrected chi connectivity index (χ2v) is 12.8. The highest BCUT2D eigenvalue weighted by atomic mass is 16.3. The standard InChI is InChI=1S/C29H40N4O7/c1-28(2,3)12-31-11-14-10-17(32(4)5)15-8-13-9-16-21(33(6)7)24(36)20(27(30)39)26(38)29(16,40)25(37)18(13)23(35)19(15)22(14)34/h10,13,16,18,20-21,31,34,40H,8-9,11-12H2,1-7H3,(H2,30,39)/t13-,16-,18?,20?,21-,29-/m0/s1/i4D3. The van der Waals surface area contributed by atoms with Crippen LogP contribution in [0, 0.1) is 29.1 Å². The summed E-state index contributed by atoms with van der Waals surface area (Å²) >= 11 is 0. The van der Waals surface area contributed by atoms with Crippen LogP contribution in [0.25, 0.3) is 0 Å². The lowest BCUT2D eigenvalue weighted by molar-refractivity contribution is -0.181. The number of likely N-dealkylation sites (N-methyl/N-ethyl adjacent to an activating group) is 1. The third-order valence-corrected chi connectivity index (χ3v) is 8.45. The number of nitrogens with one attached hydrogen (secondary N) is 1. The van der Waals surface area contributed by atoms with E-state index in [-0.39, 0.29) is 47.2 Å². The van der Waals surface area contributed by atoms with Gasteiger partial charge in [-0.2, -0.15) is 0 Å². The van der Waals surface area contributed by atoms with E-state index in [9.17, 15) is 34.2 Å². The van der Waals surface area contributed by atoms with Gasteiger partial charge in [-0.25, -0.2) is 0 Å². The number of nitrogens with two attached hydrogens (primary N) is 1. The molecule has 11 heteroatoms. The van der Waals surface area contributed by atoms with Crippen LogP contribution in [-0.4, -0.2) is 90.5 Å². The Bertz CT molecular complexity index is 1400. The number of aliphatic hydroxyl groups is 1. The molecule has 0 bridgehead atoms. The van der Waals surface area contributed by atoms with Crippen LogP contribution in [0.4, 0.5) is 5.69 Å². The summed E-state index contributed by atoms with van der Waals surface area (Å²) in [6.07, 6.45) is -0.165. The number of primary amides is 1. The predicted octanol–water partition coefficient (Wildman–Crippen LogP) is 0.0687. The summed E-state index contributed by atoms with van der Waals surface area (Å²) in [5.41, 5.74) is 2.81. The summed E-state index contributed by atoms with van der Waals surface area (Å²) in [7, 11) is 4.36. The third-order valence-electron chi connectivity index (χ3n) is 8.45. The van der Waals surface area contributed by atoms with E-state index in [1.165, 1.54) is 32.1 Å². The summed E-state index contributed by atoms with van der Waals surface area (Å²) < 4.78 is 24.0. The Morgan fingerprint density at radius 3 is 2.40 bits per heavy atom. The van der Waals surface area contributed by atoms with Crippen molar-refractivity contribution in [2.45, 2.75) is 51.8 Å². The van der Waals surface area contributed by atoms with Crippen molar-refractivity contribution in [1.82, 2.24) is 10.2 Å². The highest BCUT2D eigenvalue weighted by Gasteiger charge is 2.69. The molecule has 0 radical (unpaired) electrons. The lowest BCUT2D eigenvalue weighted by atomic mass is 9.52. The minimum absolute atomic E-state index is 0.0369. The number of ketones is 4. The van der Waals surface area contributed by atoms with E-state index in [0.717, 1.165) is 4.90 Å². The fraction of sp³-hybridized carbons (Fsp3) is 0.621. The second kappa shape index (κ2) is 10.0. The summed E-state index contributed by atoms with van der Waals surface area (Å²) in [6.45, 7) is 4.02. The normalized spacial score (nSPS) is 31.6. The van der Waals surface area contributed by atoms with Gasteiger partial charge in [-0.15, -0.1) is 0 Å². The molecule has 2 saturated carbocycles. The molecule has 0 aromatic heterocycles. The third kappa shape index (κ3) is 4.53. The second-order valence-electron chi connectivity index (χ2n) is 12.8. The molecule has 0 heterocycles. The Kier molecular flexibility index (Phi) is 6.47. The Morgan fingerprint density at radius 2 is 1.85 bits per heavy atom. The van der Waals surface area contributed by atoms with Crippen molar-refractivity contribution < 1.29 is 38.3 Å². The summed E-state index contributed by atoms with van der Waals surface area (Å²) in [6, 6.07) is 0.286. The summed E-state index contributed by atoms with van der Waals surface area (Å²) in [5.74, 6) is -11.6. The van der Waals surface area contributed by atoms with Gasteiger partial charge in [0.1, 0.15) is 5.75 Å². The van der Waals surface area contributed by atoms with E-state index in [1.54, 1.807) is 0 Å². The fourth-order valence-corrected chi connectivity index (χ4v) is 6.71. The molecule has 3 aliphatic rings. The number of nitrogens with zero attached hydrogens (tertiary/aromatic N) is 2.